The minimum Gasteiger partial charge on any atom is -0.461 e. The van der Waals surface area contributed by atoms with Crippen LogP contribution in [0.3, 0.4) is 0 Å². The lowest BCUT2D eigenvalue weighted by atomic mass is 10.2. The Bertz CT molecular complexity index is 1240. The SMILES string of the molecule is Cc1cccc(-n2nc(C(=O)N3CCN(c4ccccc4F)CC3)nc2-c2ccco2)c1. The van der Waals surface area contributed by atoms with Crippen LogP contribution in [0.15, 0.2) is 71.3 Å². The number of para-hydroxylation sites is 1. The van der Waals surface area contributed by atoms with Crippen molar-refractivity contribution in [1.82, 2.24) is 19.7 Å². The van der Waals surface area contributed by atoms with Gasteiger partial charge in [-0.1, -0.05) is 24.3 Å². The maximum absolute atomic E-state index is 14.1. The molecular formula is C24H22FN5O2. The Morgan fingerprint density at radius 2 is 1.81 bits per heavy atom. The van der Waals surface area contributed by atoms with E-state index in [1.165, 1.54) is 6.07 Å². The fourth-order valence-corrected chi connectivity index (χ4v) is 3.91. The lowest BCUT2D eigenvalue weighted by Gasteiger charge is -2.35. The third-order valence-electron chi connectivity index (χ3n) is 5.55. The number of carbonyl (C=O) groups is 1. The van der Waals surface area contributed by atoms with Crippen molar-refractivity contribution in [3.05, 3.63) is 84.1 Å². The first-order chi connectivity index (χ1) is 15.6. The summed E-state index contributed by atoms with van der Waals surface area (Å²) in [5, 5.41) is 4.52. The van der Waals surface area contributed by atoms with Gasteiger partial charge in [-0.3, -0.25) is 4.79 Å². The standard InChI is InChI=1S/C24H22FN5O2/c1-17-6-4-7-18(16-17)30-23(21-10-5-15-32-21)26-22(27-30)24(31)29-13-11-28(12-14-29)20-9-3-2-8-19(20)25/h2-10,15-16H,11-14H2,1H3. The van der Waals surface area contributed by atoms with Crippen molar-refractivity contribution < 1.29 is 13.6 Å². The van der Waals surface area contributed by atoms with Crippen LogP contribution in [-0.2, 0) is 0 Å². The zero-order valence-electron chi connectivity index (χ0n) is 17.6. The fraction of sp³-hybridized carbons (Fsp3) is 0.208. The van der Waals surface area contributed by atoms with Gasteiger partial charge in [-0.25, -0.2) is 9.07 Å². The topological polar surface area (TPSA) is 67.4 Å². The molecule has 7 nitrogen and oxygen atoms in total. The zero-order valence-corrected chi connectivity index (χ0v) is 17.6. The van der Waals surface area contributed by atoms with Crippen molar-refractivity contribution in [2.45, 2.75) is 6.92 Å². The first-order valence-electron chi connectivity index (χ1n) is 10.5. The van der Waals surface area contributed by atoms with E-state index in [0.717, 1.165) is 11.3 Å². The van der Waals surface area contributed by atoms with Crippen LogP contribution in [0, 0.1) is 12.7 Å². The van der Waals surface area contributed by atoms with Crippen molar-refractivity contribution in [1.29, 1.82) is 0 Å². The van der Waals surface area contributed by atoms with Gasteiger partial charge in [0.05, 0.1) is 17.6 Å². The molecule has 0 radical (unpaired) electrons. The molecule has 162 valence electrons. The number of piperazine rings is 1. The molecule has 1 aliphatic heterocycles. The number of rotatable bonds is 4. The van der Waals surface area contributed by atoms with E-state index in [-0.39, 0.29) is 17.5 Å². The quantitative estimate of drug-likeness (QED) is 0.490. The van der Waals surface area contributed by atoms with Gasteiger partial charge >= 0.3 is 0 Å². The molecule has 0 spiro atoms. The van der Waals surface area contributed by atoms with Crippen LogP contribution < -0.4 is 4.90 Å². The van der Waals surface area contributed by atoms with Crippen LogP contribution in [0.1, 0.15) is 16.2 Å². The Morgan fingerprint density at radius 3 is 2.53 bits per heavy atom. The molecule has 8 heteroatoms. The molecular weight excluding hydrogens is 409 g/mol. The van der Waals surface area contributed by atoms with Crippen molar-refractivity contribution in [2.24, 2.45) is 0 Å². The Kier molecular flexibility index (Phi) is 5.18. The molecule has 0 bridgehead atoms. The number of hydrogen-bond donors (Lipinski definition) is 0. The van der Waals surface area contributed by atoms with Gasteiger partial charge in [0.1, 0.15) is 5.82 Å². The lowest BCUT2D eigenvalue weighted by molar-refractivity contribution is 0.0734. The minimum atomic E-state index is -0.256. The van der Waals surface area contributed by atoms with E-state index in [1.54, 1.807) is 40.1 Å². The van der Waals surface area contributed by atoms with Crippen LogP contribution in [-0.4, -0.2) is 51.8 Å². The van der Waals surface area contributed by atoms with Gasteiger partial charge in [0.15, 0.2) is 11.6 Å². The Labute approximate surface area is 184 Å². The summed E-state index contributed by atoms with van der Waals surface area (Å²) in [7, 11) is 0. The van der Waals surface area contributed by atoms with Gasteiger partial charge in [-0.2, -0.15) is 4.98 Å². The van der Waals surface area contributed by atoms with Gasteiger partial charge < -0.3 is 14.2 Å². The van der Waals surface area contributed by atoms with Crippen molar-refractivity contribution in [3.8, 4) is 17.3 Å². The molecule has 32 heavy (non-hydrogen) atoms. The number of benzene rings is 2. The molecule has 1 fully saturated rings. The van der Waals surface area contributed by atoms with E-state index in [0.29, 0.717) is 43.5 Å². The van der Waals surface area contributed by atoms with E-state index in [1.807, 2.05) is 42.2 Å². The number of anilines is 1. The van der Waals surface area contributed by atoms with Crippen molar-refractivity contribution >= 4 is 11.6 Å². The minimum absolute atomic E-state index is 0.109. The van der Waals surface area contributed by atoms with Crippen molar-refractivity contribution in [3.63, 3.8) is 0 Å². The lowest BCUT2D eigenvalue weighted by Crippen LogP contribution is -2.49. The number of nitrogens with zero attached hydrogens (tertiary/aromatic N) is 5. The highest BCUT2D eigenvalue weighted by Gasteiger charge is 2.28. The largest absolute Gasteiger partial charge is 0.461 e. The molecule has 1 saturated heterocycles. The van der Waals surface area contributed by atoms with Crippen LogP contribution in [0.25, 0.3) is 17.3 Å². The van der Waals surface area contributed by atoms with Gasteiger partial charge in [-0.05, 0) is 48.9 Å². The molecule has 0 saturated carbocycles. The molecule has 0 atom stereocenters. The second kappa shape index (κ2) is 8.30. The molecule has 1 amide bonds. The predicted molar refractivity (Wildman–Crippen MR) is 118 cm³/mol. The molecule has 2 aromatic carbocycles. The highest BCUT2D eigenvalue weighted by Crippen LogP contribution is 2.24. The third-order valence-corrected chi connectivity index (χ3v) is 5.55. The van der Waals surface area contributed by atoms with Gasteiger partial charge in [0, 0.05) is 26.2 Å². The molecule has 4 aromatic rings. The Balaban J connectivity index is 1.40. The summed E-state index contributed by atoms with van der Waals surface area (Å²) in [5.41, 5.74) is 2.43. The molecule has 3 heterocycles. The highest BCUT2D eigenvalue weighted by atomic mass is 19.1. The maximum atomic E-state index is 14.1. The normalized spacial score (nSPS) is 14.1. The summed E-state index contributed by atoms with van der Waals surface area (Å²) < 4.78 is 21.3. The number of aromatic nitrogens is 3. The molecule has 0 aliphatic carbocycles. The number of furan rings is 1. The predicted octanol–water partition coefficient (Wildman–Crippen LogP) is 3.94. The summed E-state index contributed by atoms with van der Waals surface area (Å²) in [6, 6.07) is 18.1. The zero-order chi connectivity index (χ0) is 22.1. The average molecular weight is 431 g/mol. The smallest absolute Gasteiger partial charge is 0.293 e. The van der Waals surface area contributed by atoms with Gasteiger partial charge in [0.2, 0.25) is 5.82 Å². The van der Waals surface area contributed by atoms with E-state index >= 15 is 0 Å². The van der Waals surface area contributed by atoms with Crippen LogP contribution in [0.2, 0.25) is 0 Å². The Hall–Kier alpha value is -3.94. The molecule has 1 aliphatic rings. The van der Waals surface area contributed by atoms with Crippen LogP contribution >= 0.6 is 0 Å². The summed E-state index contributed by atoms with van der Waals surface area (Å²) >= 11 is 0. The first kappa shape index (κ1) is 20.0. The first-order valence-corrected chi connectivity index (χ1v) is 10.5. The van der Waals surface area contributed by atoms with Crippen molar-refractivity contribution in [2.75, 3.05) is 31.1 Å². The van der Waals surface area contributed by atoms with E-state index < -0.39 is 0 Å². The highest BCUT2D eigenvalue weighted by molar-refractivity contribution is 5.91. The van der Waals surface area contributed by atoms with Crippen LogP contribution in [0.5, 0.6) is 0 Å². The van der Waals surface area contributed by atoms with Crippen LogP contribution in [0.4, 0.5) is 10.1 Å². The van der Waals surface area contributed by atoms with E-state index in [2.05, 4.69) is 10.1 Å². The average Bonchev–Trinajstić information content (AvgIpc) is 3.49. The summed E-state index contributed by atoms with van der Waals surface area (Å²) in [5.74, 6) is 0.597. The number of carbonyl (C=O) groups excluding carboxylic acids is 1. The Morgan fingerprint density at radius 1 is 1.00 bits per heavy atom. The summed E-state index contributed by atoms with van der Waals surface area (Å²) in [6.45, 7) is 3.99. The second-order valence-electron chi connectivity index (χ2n) is 7.72. The molecule has 2 aromatic heterocycles. The monoisotopic (exact) mass is 431 g/mol. The molecule has 5 rings (SSSR count). The second-order valence-corrected chi connectivity index (χ2v) is 7.72. The number of hydrogen-bond acceptors (Lipinski definition) is 5. The molecule has 0 unspecified atom stereocenters. The van der Waals surface area contributed by atoms with E-state index in [9.17, 15) is 9.18 Å². The maximum Gasteiger partial charge on any atom is 0.293 e. The van der Waals surface area contributed by atoms with E-state index in [4.69, 9.17) is 4.42 Å². The fourth-order valence-electron chi connectivity index (χ4n) is 3.91. The number of amides is 1. The summed E-state index contributed by atoms with van der Waals surface area (Å²) in [6.07, 6.45) is 1.56. The van der Waals surface area contributed by atoms with Gasteiger partial charge in [-0.15, -0.1) is 5.10 Å². The number of halogens is 1. The molecule has 0 N–H and O–H groups in total. The number of aryl methyl sites for hydroxylation is 1. The summed E-state index contributed by atoms with van der Waals surface area (Å²) in [4.78, 5) is 21.4. The van der Waals surface area contributed by atoms with Gasteiger partial charge in [0.25, 0.3) is 5.91 Å². The third kappa shape index (κ3) is 3.75.